The zero-order valence-electron chi connectivity index (χ0n) is 16.7. The van der Waals surface area contributed by atoms with Gasteiger partial charge in [0, 0.05) is 17.8 Å². The van der Waals surface area contributed by atoms with Gasteiger partial charge in [-0.25, -0.2) is 14.8 Å². The average Bonchev–Trinajstić information content (AvgIpc) is 2.67. The lowest BCUT2D eigenvalue weighted by Crippen LogP contribution is -2.32. The fourth-order valence-electron chi connectivity index (χ4n) is 3.10. The van der Waals surface area contributed by atoms with Gasteiger partial charge in [-0.05, 0) is 37.7 Å². The van der Waals surface area contributed by atoms with Crippen molar-refractivity contribution in [2.75, 3.05) is 24.9 Å². The van der Waals surface area contributed by atoms with Crippen LogP contribution in [0, 0.1) is 21.4 Å². The van der Waals surface area contributed by atoms with E-state index in [9.17, 15) is 20.2 Å². The van der Waals surface area contributed by atoms with Crippen LogP contribution in [0.5, 0.6) is 0 Å². The van der Waals surface area contributed by atoms with E-state index >= 15 is 0 Å². The highest BCUT2D eigenvalue weighted by atomic mass is 32.3. The number of non-ortho nitro benzene ring substituents is 1. The summed E-state index contributed by atoms with van der Waals surface area (Å²) in [7, 11) is -1.38. The number of allylic oxidation sites excluding steroid dienone is 2. The molecule has 1 aromatic rings. The molecular formula is C20H25N3O4S. The second kappa shape index (κ2) is 8.48. The number of dihydropyridines is 1. The van der Waals surface area contributed by atoms with Crippen LogP contribution in [-0.2, 0) is 9.53 Å². The van der Waals surface area contributed by atoms with E-state index in [1.807, 2.05) is 6.92 Å². The monoisotopic (exact) mass is 403 g/mol. The molecule has 7 nitrogen and oxygen atoms in total. The van der Waals surface area contributed by atoms with Gasteiger partial charge in [-0.3, -0.25) is 10.1 Å². The predicted octanol–water partition coefficient (Wildman–Crippen LogP) is 3.94. The molecule has 0 bridgehead atoms. The highest BCUT2D eigenvalue weighted by molar-refractivity contribution is 8.35. The molecule has 0 saturated heterocycles. The molecule has 1 heterocycles. The van der Waals surface area contributed by atoms with E-state index in [4.69, 9.17) is 4.74 Å². The Labute approximate surface area is 166 Å². The number of nitro groups is 1. The second-order valence-electron chi connectivity index (χ2n) is 6.85. The van der Waals surface area contributed by atoms with E-state index in [0.717, 1.165) is 10.8 Å². The van der Waals surface area contributed by atoms with Crippen molar-refractivity contribution < 1.29 is 14.5 Å². The zero-order chi connectivity index (χ0) is 21.1. The summed E-state index contributed by atoms with van der Waals surface area (Å²) in [5, 5.41) is 25.1. The van der Waals surface area contributed by atoms with Gasteiger partial charge in [-0.1, -0.05) is 19.1 Å². The Hall–Kier alpha value is -2.79. The summed E-state index contributed by atoms with van der Waals surface area (Å²) < 4.78 is 5.32. The van der Waals surface area contributed by atoms with Crippen molar-refractivity contribution in [1.82, 2.24) is 5.32 Å². The van der Waals surface area contributed by atoms with E-state index < -0.39 is 26.8 Å². The maximum absolute atomic E-state index is 13.0. The van der Waals surface area contributed by atoms with Crippen molar-refractivity contribution in [3.8, 4) is 6.07 Å². The molecule has 0 fully saturated rings. The Morgan fingerprint density at radius 1 is 1.39 bits per heavy atom. The Morgan fingerprint density at radius 3 is 2.61 bits per heavy atom. The van der Waals surface area contributed by atoms with E-state index in [1.165, 1.54) is 12.1 Å². The van der Waals surface area contributed by atoms with Crippen LogP contribution in [0.1, 0.15) is 32.3 Å². The molecule has 8 heteroatoms. The lowest BCUT2D eigenvalue weighted by molar-refractivity contribution is -0.384. The number of nitriles is 1. The van der Waals surface area contributed by atoms with E-state index in [-0.39, 0.29) is 12.3 Å². The van der Waals surface area contributed by atoms with Gasteiger partial charge in [0.05, 0.1) is 39.7 Å². The normalized spacial score (nSPS) is 17.6. The maximum Gasteiger partial charge on any atom is 0.337 e. The molecule has 150 valence electrons. The summed E-state index contributed by atoms with van der Waals surface area (Å²) in [6, 6.07) is 8.27. The minimum Gasteiger partial charge on any atom is -0.463 e. The third-order valence-corrected chi connectivity index (χ3v) is 7.70. The highest BCUT2D eigenvalue weighted by Crippen LogP contribution is 2.53. The zero-order valence-corrected chi connectivity index (χ0v) is 17.6. The highest BCUT2D eigenvalue weighted by Gasteiger charge is 2.39. The lowest BCUT2D eigenvalue weighted by atomic mass is 9.82. The first-order valence-corrected chi connectivity index (χ1v) is 11.5. The van der Waals surface area contributed by atoms with Gasteiger partial charge in [0.2, 0.25) is 0 Å². The Balaban J connectivity index is 2.82. The molecule has 0 saturated carbocycles. The molecule has 28 heavy (non-hydrogen) atoms. The van der Waals surface area contributed by atoms with Crippen LogP contribution in [0.3, 0.4) is 0 Å². The molecule has 0 amide bonds. The number of hydrogen-bond donors (Lipinski definition) is 1. The van der Waals surface area contributed by atoms with E-state index in [2.05, 4.69) is 23.9 Å². The number of ether oxygens (including phenoxy) is 1. The fraction of sp³-hybridized carbons (Fsp3) is 0.400. The van der Waals surface area contributed by atoms with Gasteiger partial charge >= 0.3 is 5.97 Å². The molecule has 1 atom stereocenters. The topological polar surface area (TPSA) is 105 Å². The number of esters is 1. The number of carbonyl (C=O) groups excluding carboxylic acids is 1. The lowest BCUT2D eigenvalue weighted by Gasteiger charge is -2.40. The summed E-state index contributed by atoms with van der Waals surface area (Å²) in [5.74, 6) is -0.385. The fourth-order valence-corrected chi connectivity index (χ4v) is 4.61. The maximum atomic E-state index is 13.0. The molecule has 1 unspecified atom stereocenters. The minimum absolute atomic E-state index is 0.0853. The van der Waals surface area contributed by atoms with Gasteiger partial charge in [-0.15, -0.1) is 0 Å². The first-order valence-electron chi connectivity index (χ1n) is 8.92. The van der Waals surface area contributed by atoms with Crippen LogP contribution in [0.4, 0.5) is 5.69 Å². The van der Waals surface area contributed by atoms with Crippen LogP contribution in [-0.4, -0.2) is 35.8 Å². The van der Waals surface area contributed by atoms with Gasteiger partial charge in [0.25, 0.3) is 5.69 Å². The van der Waals surface area contributed by atoms with Crippen LogP contribution in [0.25, 0.3) is 0 Å². The molecular weight excluding hydrogens is 378 g/mol. The van der Waals surface area contributed by atoms with Crippen molar-refractivity contribution in [2.45, 2.75) is 26.7 Å². The first kappa shape index (κ1) is 21.5. The third kappa shape index (κ3) is 4.04. The van der Waals surface area contributed by atoms with Crippen molar-refractivity contribution in [2.24, 2.45) is 0 Å². The van der Waals surface area contributed by atoms with E-state index in [0.29, 0.717) is 22.4 Å². The molecule has 0 spiro atoms. The number of nitrogens with zero attached hydrogens (tertiary/aromatic N) is 2. The largest absolute Gasteiger partial charge is 0.463 e. The van der Waals surface area contributed by atoms with E-state index in [1.54, 1.807) is 26.0 Å². The van der Waals surface area contributed by atoms with Crippen molar-refractivity contribution >= 4 is 21.7 Å². The third-order valence-electron chi connectivity index (χ3n) is 4.83. The van der Waals surface area contributed by atoms with Crippen molar-refractivity contribution in [3.63, 3.8) is 0 Å². The number of benzene rings is 1. The Bertz CT molecular complexity index is 912. The van der Waals surface area contributed by atoms with Crippen LogP contribution >= 0.6 is 10.0 Å². The first-order chi connectivity index (χ1) is 13.2. The quantitative estimate of drug-likeness (QED) is 0.438. The number of rotatable bonds is 6. The summed E-state index contributed by atoms with van der Waals surface area (Å²) in [6.45, 7) is 5.76. The summed E-state index contributed by atoms with van der Waals surface area (Å²) in [5.41, 5.74) is 1.82. The van der Waals surface area contributed by atoms with Crippen molar-refractivity contribution in [1.29, 1.82) is 5.26 Å². The standard InChI is InChI=1S/C20H25N3O4S/c1-6-27-20(24)18-17(14-9-8-10-15(11-14)23(25)26)16(12-21)13(3)22-19(18)28(4,5)7-2/h8-11,17,22H,6-7H2,1-5H3. The second-order valence-corrected chi connectivity index (χ2v) is 10.9. The smallest absolute Gasteiger partial charge is 0.337 e. The minimum atomic E-state index is -1.38. The number of nitro benzene ring substituents is 1. The number of nitrogens with one attached hydrogen (secondary N) is 1. The van der Waals surface area contributed by atoms with Crippen molar-refractivity contribution in [3.05, 3.63) is 61.8 Å². The average molecular weight is 404 g/mol. The van der Waals surface area contributed by atoms with Crippen LogP contribution in [0.15, 0.2) is 46.1 Å². The molecule has 1 aliphatic heterocycles. The summed E-state index contributed by atoms with van der Waals surface area (Å²) >= 11 is 0. The van der Waals surface area contributed by atoms with Crippen LogP contribution < -0.4 is 5.32 Å². The molecule has 0 aliphatic carbocycles. The molecule has 0 radical (unpaired) electrons. The summed E-state index contributed by atoms with van der Waals surface area (Å²) in [6.07, 6.45) is 4.17. The van der Waals surface area contributed by atoms with Crippen LogP contribution in [0.2, 0.25) is 0 Å². The van der Waals surface area contributed by atoms with Gasteiger partial charge in [0.15, 0.2) is 0 Å². The predicted molar refractivity (Wildman–Crippen MR) is 111 cm³/mol. The molecule has 1 aromatic carbocycles. The SMILES string of the molecule is CCOC(=O)C1=C(S(C)(C)CC)NC(C)=C(C#N)C1c1cccc([N+](=O)[O-])c1. The van der Waals surface area contributed by atoms with Gasteiger partial charge in [0.1, 0.15) is 0 Å². The number of hydrogen-bond acceptors (Lipinski definition) is 6. The van der Waals surface area contributed by atoms with Gasteiger partial charge < -0.3 is 10.1 Å². The molecule has 1 N–H and O–H groups in total. The molecule has 2 rings (SSSR count). The molecule has 0 aromatic heterocycles. The Kier molecular flexibility index (Phi) is 6.52. The van der Waals surface area contributed by atoms with Gasteiger partial charge in [-0.2, -0.15) is 5.26 Å². The Morgan fingerprint density at radius 2 is 2.07 bits per heavy atom. The number of carbonyl (C=O) groups is 1. The summed E-state index contributed by atoms with van der Waals surface area (Å²) in [4.78, 5) is 23.7. The molecule has 1 aliphatic rings.